The molecule has 0 amide bonds. The van der Waals surface area contributed by atoms with Crippen molar-refractivity contribution in [2.75, 3.05) is 13.1 Å². The Labute approximate surface area is 120 Å². The number of rotatable bonds is 3. The first-order valence-electron chi connectivity index (χ1n) is 7.57. The monoisotopic (exact) mass is 279 g/mol. The molecular weight excluding hydrogens is 254 g/mol. The van der Waals surface area contributed by atoms with Gasteiger partial charge in [0.05, 0.1) is 11.2 Å². The van der Waals surface area contributed by atoms with E-state index >= 15 is 0 Å². The van der Waals surface area contributed by atoms with Crippen molar-refractivity contribution >= 4 is 11.3 Å². The van der Waals surface area contributed by atoms with Crippen molar-refractivity contribution in [2.45, 2.75) is 58.0 Å². The highest BCUT2D eigenvalue weighted by Crippen LogP contribution is 2.40. The maximum atomic E-state index is 6.54. The highest BCUT2D eigenvalue weighted by molar-refractivity contribution is 7.11. The summed E-state index contributed by atoms with van der Waals surface area (Å²) in [6.45, 7) is 8.02. The molecule has 2 aliphatic rings. The second-order valence-electron chi connectivity index (χ2n) is 6.63. The molecule has 4 heteroatoms. The van der Waals surface area contributed by atoms with Crippen LogP contribution in [0.15, 0.2) is 0 Å². The van der Waals surface area contributed by atoms with Crippen LogP contribution in [0.3, 0.4) is 0 Å². The zero-order chi connectivity index (χ0) is 13.5. The summed E-state index contributed by atoms with van der Waals surface area (Å²) < 4.78 is 0. The van der Waals surface area contributed by atoms with Crippen LogP contribution >= 0.6 is 11.3 Å². The molecule has 0 spiro atoms. The van der Waals surface area contributed by atoms with Gasteiger partial charge in [0.1, 0.15) is 5.01 Å². The van der Waals surface area contributed by atoms with E-state index in [1.807, 2.05) is 11.3 Å². The highest BCUT2D eigenvalue weighted by Gasteiger charge is 2.35. The molecule has 3 rings (SSSR count). The molecule has 2 heterocycles. The number of aromatic nitrogens is 1. The van der Waals surface area contributed by atoms with Gasteiger partial charge in [0.2, 0.25) is 0 Å². The minimum absolute atomic E-state index is 0.106. The predicted molar refractivity (Wildman–Crippen MR) is 80.3 cm³/mol. The lowest BCUT2D eigenvalue weighted by molar-refractivity contribution is 0.228. The Morgan fingerprint density at radius 3 is 2.79 bits per heavy atom. The number of nitrogens with zero attached hydrogens (tertiary/aromatic N) is 2. The van der Waals surface area contributed by atoms with Crippen molar-refractivity contribution in [2.24, 2.45) is 11.7 Å². The van der Waals surface area contributed by atoms with Gasteiger partial charge in [0, 0.05) is 30.9 Å². The van der Waals surface area contributed by atoms with Gasteiger partial charge in [-0.1, -0.05) is 26.7 Å². The molecule has 2 N–H and O–H groups in total. The minimum Gasteiger partial charge on any atom is -0.319 e. The molecule has 0 bridgehead atoms. The minimum atomic E-state index is -0.106. The molecule has 19 heavy (non-hydrogen) atoms. The van der Waals surface area contributed by atoms with Gasteiger partial charge in [0.15, 0.2) is 0 Å². The third kappa shape index (κ3) is 2.71. The fourth-order valence-corrected chi connectivity index (χ4v) is 4.66. The summed E-state index contributed by atoms with van der Waals surface area (Å²) in [4.78, 5) is 8.92. The molecule has 1 aliphatic heterocycles. The van der Waals surface area contributed by atoms with Gasteiger partial charge in [-0.05, 0) is 18.8 Å². The third-order valence-corrected chi connectivity index (χ3v) is 5.66. The molecule has 1 saturated carbocycles. The van der Waals surface area contributed by atoms with Gasteiger partial charge in [-0.15, -0.1) is 11.3 Å². The van der Waals surface area contributed by atoms with Crippen molar-refractivity contribution in [3.63, 3.8) is 0 Å². The Morgan fingerprint density at radius 1 is 1.37 bits per heavy atom. The van der Waals surface area contributed by atoms with Crippen LogP contribution in [-0.4, -0.2) is 23.0 Å². The Hall–Kier alpha value is -0.450. The van der Waals surface area contributed by atoms with Crippen LogP contribution in [0.1, 0.15) is 55.1 Å². The van der Waals surface area contributed by atoms with Crippen molar-refractivity contribution in [3.05, 3.63) is 15.6 Å². The largest absolute Gasteiger partial charge is 0.319 e. The van der Waals surface area contributed by atoms with Gasteiger partial charge in [-0.2, -0.15) is 0 Å². The topological polar surface area (TPSA) is 42.2 Å². The van der Waals surface area contributed by atoms with Crippen LogP contribution in [-0.2, 0) is 18.5 Å². The molecule has 106 valence electrons. The maximum Gasteiger partial charge on any atom is 0.113 e. The Bertz CT molecular complexity index is 446. The zero-order valence-corrected chi connectivity index (χ0v) is 12.9. The lowest BCUT2D eigenvalue weighted by atomic mass is 10.0. The molecule has 0 aromatic carbocycles. The Kier molecular flexibility index (Phi) is 3.67. The maximum absolute atomic E-state index is 6.54. The van der Waals surface area contributed by atoms with Crippen LogP contribution in [0.4, 0.5) is 0 Å². The quantitative estimate of drug-likeness (QED) is 0.925. The van der Waals surface area contributed by atoms with E-state index in [0.29, 0.717) is 0 Å². The fraction of sp³-hybridized carbons (Fsp3) is 0.800. The van der Waals surface area contributed by atoms with E-state index < -0.39 is 0 Å². The molecule has 0 unspecified atom stereocenters. The molecule has 3 nitrogen and oxygen atoms in total. The predicted octanol–water partition coefficient (Wildman–Crippen LogP) is 2.89. The molecule has 0 atom stereocenters. The molecule has 1 aliphatic carbocycles. The summed E-state index contributed by atoms with van der Waals surface area (Å²) in [5, 5.41) is 1.21. The average Bonchev–Trinajstić information content (AvgIpc) is 2.94. The van der Waals surface area contributed by atoms with E-state index in [4.69, 9.17) is 10.7 Å². The van der Waals surface area contributed by atoms with Crippen LogP contribution in [0, 0.1) is 5.92 Å². The molecule has 0 saturated heterocycles. The van der Waals surface area contributed by atoms with E-state index in [0.717, 1.165) is 38.3 Å². The van der Waals surface area contributed by atoms with E-state index in [2.05, 4.69) is 18.7 Å². The van der Waals surface area contributed by atoms with E-state index in [1.54, 1.807) is 0 Å². The number of fused-ring (bicyclic) bond motifs is 1. The summed E-state index contributed by atoms with van der Waals surface area (Å²) in [5.41, 5.74) is 7.77. The number of thiazole rings is 1. The van der Waals surface area contributed by atoms with Crippen LogP contribution < -0.4 is 5.73 Å². The smallest absolute Gasteiger partial charge is 0.113 e. The number of hydrogen-bond donors (Lipinski definition) is 1. The normalized spacial score (nSPS) is 22.9. The molecule has 1 aromatic heterocycles. The van der Waals surface area contributed by atoms with Crippen molar-refractivity contribution in [3.8, 4) is 0 Å². The standard InChI is InChI=1S/C15H25N3S/c1-11(2)9-18-8-5-12-13(10-18)19-14(17-12)15(16)6-3-4-7-15/h11H,3-10,16H2,1-2H3. The first-order valence-corrected chi connectivity index (χ1v) is 8.39. The SMILES string of the molecule is CC(C)CN1CCc2nc(C3(N)CCCC3)sc2C1. The van der Waals surface area contributed by atoms with Gasteiger partial charge in [-0.25, -0.2) is 4.98 Å². The summed E-state index contributed by atoms with van der Waals surface area (Å²) in [7, 11) is 0. The van der Waals surface area contributed by atoms with Gasteiger partial charge >= 0.3 is 0 Å². The Balaban J connectivity index is 1.77. The lowest BCUT2D eigenvalue weighted by Gasteiger charge is -2.27. The number of hydrogen-bond acceptors (Lipinski definition) is 4. The Morgan fingerprint density at radius 2 is 2.11 bits per heavy atom. The van der Waals surface area contributed by atoms with Crippen molar-refractivity contribution in [1.29, 1.82) is 0 Å². The number of nitrogens with two attached hydrogens (primary N) is 1. The van der Waals surface area contributed by atoms with Crippen molar-refractivity contribution in [1.82, 2.24) is 9.88 Å². The molecule has 1 fully saturated rings. The summed E-state index contributed by atoms with van der Waals surface area (Å²) >= 11 is 1.88. The van der Waals surface area contributed by atoms with Gasteiger partial charge in [-0.3, -0.25) is 4.90 Å². The highest BCUT2D eigenvalue weighted by atomic mass is 32.1. The molecule has 1 aromatic rings. The molecule has 0 radical (unpaired) electrons. The molecular formula is C15H25N3S. The second-order valence-corrected chi connectivity index (χ2v) is 7.71. The van der Waals surface area contributed by atoms with Crippen LogP contribution in [0.5, 0.6) is 0 Å². The van der Waals surface area contributed by atoms with E-state index in [9.17, 15) is 0 Å². The van der Waals surface area contributed by atoms with Gasteiger partial charge in [0.25, 0.3) is 0 Å². The fourth-order valence-electron chi connectivity index (χ4n) is 3.35. The van der Waals surface area contributed by atoms with Crippen LogP contribution in [0.2, 0.25) is 0 Å². The van der Waals surface area contributed by atoms with E-state index in [1.165, 1.54) is 35.0 Å². The average molecular weight is 279 g/mol. The summed E-state index contributed by atoms with van der Waals surface area (Å²) in [5.74, 6) is 0.740. The summed E-state index contributed by atoms with van der Waals surface area (Å²) in [6.07, 6.45) is 5.87. The second kappa shape index (κ2) is 5.15. The van der Waals surface area contributed by atoms with E-state index in [-0.39, 0.29) is 5.54 Å². The third-order valence-electron chi connectivity index (χ3n) is 4.36. The summed E-state index contributed by atoms with van der Waals surface area (Å²) in [6, 6.07) is 0. The van der Waals surface area contributed by atoms with Crippen molar-refractivity contribution < 1.29 is 0 Å². The first-order chi connectivity index (χ1) is 9.07. The zero-order valence-electron chi connectivity index (χ0n) is 12.1. The lowest BCUT2D eigenvalue weighted by Crippen LogP contribution is -2.33. The van der Waals surface area contributed by atoms with Gasteiger partial charge < -0.3 is 5.73 Å². The first kappa shape index (κ1) is 13.5. The van der Waals surface area contributed by atoms with Crippen LogP contribution in [0.25, 0.3) is 0 Å².